The van der Waals surface area contributed by atoms with Gasteiger partial charge in [-0.05, 0) is 24.1 Å². The Hall–Kier alpha value is -1.76. The first-order chi connectivity index (χ1) is 9.16. The number of halogens is 3. The average molecular weight is 290 g/mol. The van der Waals surface area contributed by atoms with Gasteiger partial charge in [-0.25, -0.2) is 0 Å². The number of carbonyl (C=O) groups excluding carboxylic acids is 1. The predicted octanol–water partition coefficient (Wildman–Crippen LogP) is 2.64. The Kier molecular flexibility index (Phi) is 4.99. The lowest BCUT2D eigenvalue weighted by Crippen LogP contribution is -2.40. The zero-order valence-corrected chi connectivity index (χ0v) is 11.4. The van der Waals surface area contributed by atoms with Crippen molar-refractivity contribution in [3.63, 3.8) is 0 Å². The van der Waals surface area contributed by atoms with E-state index in [4.69, 9.17) is 10.5 Å². The molecule has 1 rings (SSSR count). The zero-order valence-electron chi connectivity index (χ0n) is 11.4. The Labute approximate surface area is 115 Å². The van der Waals surface area contributed by atoms with E-state index in [9.17, 15) is 18.0 Å². The van der Waals surface area contributed by atoms with E-state index in [1.807, 2.05) is 0 Å². The lowest BCUT2D eigenvalue weighted by molar-refractivity contribution is -0.137. The first-order valence-electron chi connectivity index (χ1n) is 5.98. The van der Waals surface area contributed by atoms with Crippen molar-refractivity contribution in [3.8, 4) is 5.75 Å². The lowest BCUT2D eigenvalue weighted by Gasteiger charge is -2.18. The lowest BCUT2D eigenvalue weighted by atomic mass is 10.0. The predicted molar refractivity (Wildman–Crippen MR) is 69.4 cm³/mol. The van der Waals surface area contributed by atoms with Crippen LogP contribution in [0.4, 0.5) is 18.9 Å². The molecule has 0 aliphatic heterocycles. The van der Waals surface area contributed by atoms with Gasteiger partial charge in [0, 0.05) is 0 Å². The molecule has 1 aromatic rings. The van der Waals surface area contributed by atoms with Crippen LogP contribution >= 0.6 is 0 Å². The van der Waals surface area contributed by atoms with Gasteiger partial charge in [0.1, 0.15) is 5.75 Å². The molecule has 3 N–H and O–H groups in total. The van der Waals surface area contributed by atoms with Gasteiger partial charge >= 0.3 is 6.18 Å². The van der Waals surface area contributed by atoms with Crippen molar-refractivity contribution in [3.05, 3.63) is 23.8 Å². The molecule has 7 heteroatoms. The summed E-state index contributed by atoms with van der Waals surface area (Å²) < 4.78 is 43.6. The van der Waals surface area contributed by atoms with E-state index in [0.29, 0.717) is 0 Å². The SMILES string of the molecule is COc1ccc(NC(=O)[C@@H](N)C(C)C)c(C(F)(F)F)c1. The number of benzene rings is 1. The van der Waals surface area contributed by atoms with Crippen molar-refractivity contribution in [2.75, 3.05) is 12.4 Å². The molecule has 0 aromatic heterocycles. The summed E-state index contributed by atoms with van der Waals surface area (Å²) in [7, 11) is 1.27. The van der Waals surface area contributed by atoms with Crippen molar-refractivity contribution in [2.24, 2.45) is 11.7 Å². The van der Waals surface area contributed by atoms with Crippen molar-refractivity contribution >= 4 is 11.6 Å². The quantitative estimate of drug-likeness (QED) is 0.896. The summed E-state index contributed by atoms with van der Waals surface area (Å²) in [5.41, 5.74) is 4.30. The second-order valence-corrected chi connectivity index (χ2v) is 4.67. The first kappa shape index (κ1) is 16.3. The van der Waals surface area contributed by atoms with Crippen LogP contribution in [0.1, 0.15) is 19.4 Å². The number of anilines is 1. The normalized spacial score (nSPS) is 13.2. The Morgan fingerprint density at radius 2 is 1.95 bits per heavy atom. The van der Waals surface area contributed by atoms with Gasteiger partial charge in [0.25, 0.3) is 0 Å². The van der Waals surface area contributed by atoms with Gasteiger partial charge < -0.3 is 15.8 Å². The highest BCUT2D eigenvalue weighted by molar-refractivity contribution is 5.95. The molecule has 0 aliphatic rings. The maximum Gasteiger partial charge on any atom is 0.418 e. The van der Waals surface area contributed by atoms with E-state index in [2.05, 4.69) is 5.32 Å². The van der Waals surface area contributed by atoms with Crippen molar-refractivity contribution in [2.45, 2.75) is 26.1 Å². The third kappa shape index (κ3) is 3.86. The second-order valence-electron chi connectivity index (χ2n) is 4.67. The van der Waals surface area contributed by atoms with Crippen molar-refractivity contribution in [1.82, 2.24) is 0 Å². The highest BCUT2D eigenvalue weighted by Gasteiger charge is 2.35. The van der Waals surface area contributed by atoms with Crippen molar-refractivity contribution < 1.29 is 22.7 Å². The van der Waals surface area contributed by atoms with Gasteiger partial charge in [0.05, 0.1) is 24.4 Å². The molecule has 0 unspecified atom stereocenters. The number of hydrogen-bond acceptors (Lipinski definition) is 3. The molecular weight excluding hydrogens is 273 g/mol. The monoisotopic (exact) mass is 290 g/mol. The van der Waals surface area contributed by atoms with Gasteiger partial charge in [-0.15, -0.1) is 0 Å². The number of alkyl halides is 3. The largest absolute Gasteiger partial charge is 0.497 e. The molecule has 1 atom stereocenters. The van der Waals surface area contributed by atoms with Crippen LogP contribution in [-0.4, -0.2) is 19.1 Å². The Morgan fingerprint density at radius 3 is 2.40 bits per heavy atom. The number of amides is 1. The minimum atomic E-state index is -4.60. The number of hydrogen-bond donors (Lipinski definition) is 2. The first-order valence-corrected chi connectivity index (χ1v) is 5.98. The van der Waals surface area contributed by atoms with Gasteiger partial charge in [-0.2, -0.15) is 13.2 Å². The molecule has 0 saturated carbocycles. The summed E-state index contributed by atoms with van der Waals surface area (Å²) in [4.78, 5) is 11.8. The van der Waals surface area contributed by atoms with E-state index in [1.54, 1.807) is 13.8 Å². The summed E-state index contributed by atoms with van der Waals surface area (Å²) in [6.07, 6.45) is -4.60. The third-order valence-electron chi connectivity index (χ3n) is 2.81. The number of rotatable bonds is 4. The van der Waals surface area contributed by atoms with Crippen LogP contribution in [0.5, 0.6) is 5.75 Å². The van der Waals surface area contributed by atoms with E-state index in [1.165, 1.54) is 13.2 Å². The maximum atomic E-state index is 12.9. The Bertz CT molecular complexity index is 487. The van der Waals surface area contributed by atoms with Crippen LogP contribution in [0, 0.1) is 5.92 Å². The highest BCUT2D eigenvalue weighted by atomic mass is 19.4. The highest BCUT2D eigenvalue weighted by Crippen LogP contribution is 2.37. The fraction of sp³-hybridized carbons (Fsp3) is 0.462. The van der Waals surface area contributed by atoms with Crippen LogP contribution in [0.3, 0.4) is 0 Å². The minimum Gasteiger partial charge on any atom is -0.497 e. The molecule has 20 heavy (non-hydrogen) atoms. The average Bonchev–Trinajstić information content (AvgIpc) is 2.36. The van der Waals surface area contributed by atoms with E-state index < -0.39 is 23.7 Å². The van der Waals surface area contributed by atoms with Crippen LogP contribution in [0.15, 0.2) is 18.2 Å². The van der Waals surface area contributed by atoms with E-state index in [0.717, 1.165) is 12.1 Å². The van der Waals surface area contributed by atoms with Gasteiger partial charge in [0.2, 0.25) is 5.91 Å². The number of methoxy groups -OCH3 is 1. The van der Waals surface area contributed by atoms with Crippen LogP contribution < -0.4 is 15.8 Å². The molecular formula is C13H17F3N2O2. The van der Waals surface area contributed by atoms with Gasteiger partial charge in [-0.1, -0.05) is 13.8 Å². The third-order valence-corrected chi connectivity index (χ3v) is 2.81. The summed E-state index contributed by atoms with van der Waals surface area (Å²) in [6.45, 7) is 3.42. The fourth-order valence-corrected chi connectivity index (χ4v) is 1.51. The van der Waals surface area contributed by atoms with Gasteiger partial charge in [-0.3, -0.25) is 4.79 Å². The molecule has 0 heterocycles. The molecule has 1 aromatic carbocycles. The number of ether oxygens (including phenoxy) is 1. The smallest absolute Gasteiger partial charge is 0.418 e. The van der Waals surface area contributed by atoms with Gasteiger partial charge in [0.15, 0.2) is 0 Å². The number of nitrogens with one attached hydrogen (secondary N) is 1. The zero-order chi connectivity index (χ0) is 15.5. The standard InChI is InChI=1S/C13H17F3N2O2/c1-7(2)11(17)12(19)18-10-5-4-8(20-3)6-9(10)13(14,15)16/h4-7,11H,17H2,1-3H3,(H,18,19)/t11-/m0/s1. The van der Waals surface area contributed by atoms with Crippen LogP contribution in [-0.2, 0) is 11.0 Å². The van der Waals surface area contributed by atoms with Crippen LogP contribution in [0.2, 0.25) is 0 Å². The molecule has 0 bridgehead atoms. The number of carbonyl (C=O) groups is 1. The second kappa shape index (κ2) is 6.13. The molecule has 0 fully saturated rings. The van der Waals surface area contributed by atoms with E-state index in [-0.39, 0.29) is 17.4 Å². The summed E-state index contributed by atoms with van der Waals surface area (Å²) in [5, 5.41) is 2.21. The molecule has 0 spiro atoms. The summed E-state index contributed by atoms with van der Waals surface area (Å²) >= 11 is 0. The topological polar surface area (TPSA) is 64.3 Å². The molecule has 4 nitrogen and oxygen atoms in total. The molecule has 0 aliphatic carbocycles. The fourth-order valence-electron chi connectivity index (χ4n) is 1.51. The van der Waals surface area contributed by atoms with E-state index >= 15 is 0 Å². The van der Waals surface area contributed by atoms with Crippen LogP contribution in [0.25, 0.3) is 0 Å². The summed E-state index contributed by atoms with van der Waals surface area (Å²) in [5.74, 6) is -0.776. The molecule has 0 saturated heterocycles. The molecule has 112 valence electrons. The Balaban J connectivity index is 3.09. The summed E-state index contributed by atoms with van der Waals surface area (Å²) in [6, 6.07) is 2.44. The number of nitrogens with two attached hydrogens (primary N) is 1. The minimum absolute atomic E-state index is 0.0588. The molecule has 1 amide bonds. The van der Waals surface area contributed by atoms with Crippen molar-refractivity contribution in [1.29, 1.82) is 0 Å². The molecule has 0 radical (unpaired) electrons. The Morgan fingerprint density at radius 1 is 1.35 bits per heavy atom. The maximum absolute atomic E-state index is 12.9.